The average molecular weight is 270 g/mol. The number of aromatic nitrogens is 2. The second-order valence-electron chi connectivity index (χ2n) is 4.76. The molecule has 2 aromatic rings. The van der Waals surface area contributed by atoms with E-state index in [0.29, 0.717) is 14.9 Å². The Morgan fingerprint density at radius 1 is 0.800 bits per heavy atom. The van der Waals surface area contributed by atoms with Crippen LogP contribution in [-0.4, -0.2) is 21.2 Å². The normalized spacial score (nSPS) is 14.0. The van der Waals surface area contributed by atoms with Gasteiger partial charge in [-0.1, -0.05) is 17.7 Å². The van der Waals surface area contributed by atoms with E-state index in [0.717, 1.165) is 0 Å². The van der Waals surface area contributed by atoms with Gasteiger partial charge in [-0.15, -0.1) is 0 Å². The van der Waals surface area contributed by atoms with Crippen molar-refractivity contribution in [3.05, 3.63) is 56.1 Å². The number of hydrogen-bond donors (Lipinski definition) is 0. The summed E-state index contributed by atoms with van der Waals surface area (Å²) in [6.07, 6.45) is 0. The van der Waals surface area contributed by atoms with Gasteiger partial charge in [-0.2, -0.15) is 9.36 Å². The molecule has 0 amide bonds. The lowest BCUT2D eigenvalue weighted by molar-refractivity contribution is 0.0944. The van der Waals surface area contributed by atoms with E-state index in [1.807, 2.05) is 0 Å². The van der Waals surface area contributed by atoms with Crippen LogP contribution in [0.4, 0.5) is 0 Å². The van der Waals surface area contributed by atoms with Crippen LogP contribution in [0.5, 0.6) is 0 Å². The third-order valence-corrected chi connectivity index (χ3v) is 3.29. The summed E-state index contributed by atoms with van der Waals surface area (Å²) in [5.41, 5.74) is -0.969. The van der Waals surface area contributed by atoms with Gasteiger partial charge in [0.25, 0.3) is 22.9 Å². The van der Waals surface area contributed by atoms with E-state index in [9.17, 15) is 19.2 Å². The zero-order valence-electron chi connectivity index (χ0n) is 10.8. The largest absolute Gasteiger partial charge is 0.286 e. The van der Waals surface area contributed by atoms with Gasteiger partial charge in [-0.3, -0.25) is 19.2 Å². The van der Waals surface area contributed by atoms with E-state index in [4.69, 9.17) is 0 Å². The zero-order chi connectivity index (χ0) is 14.6. The fourth-order valence-corrected chi connectivity index (χ4v) is 2.36. The molecule has 20 heavy (non-hydrogen) atoms. The van der Waals surface area contributed by atoms with Crippen LogP contribution < -0.4 is 11.1 Å². The van der Waals surface area contributed by atoms with Crippen LogP contribution in [-0.2, 0) is 0 Å². The summed E-state index contributed by atoms with van der Waals surface area (Å²) in [7, 11) is 0. The summed E-state index contributed by atoms with van der Waals surface area (Å²) in [5.74, 6) is -1.49. The van der Waals surface area contributed by atoms with Crippen molar-refractivity contribution in [2.24, 2.45) is 0 Å². The Kier molecular flexibility index (Phi) is 2.37. The number of benzene rings is 1. The lowest BCUT2D eigenvalue weighted by Crippen LogP contribution is -2.38. The van der Waals surface area contributed by atoms with E-state index in [-0.39, 0.29) is 16.3 Å². The van der Waals surface area contributed by atoms with Crippen LogP contribution in [0.1, 0.15) is 23.4 Å². The highest BCUT2D eigenvalue weighted by atomic mass is 16.2. The summed E-state index contributed by atoms with van der Waals surface area (Å²) in [6, 6.07) is 6.13. The monoisotopic (exact) mass is 270 g/mol. The molecule has 2 heterocycles. The van der Waals surface area contributed by atoms with Crippen molar-refractivity contribution in [1.29, 1.82) is 0 Å². The van der Waals surface area contributed by atoms with Crippen LogP contribution in [0, 0.1) is 0 Å². The van der Waals surface area contributed by atoms with Gasteiger partial charge in [-0.25, -0.2) is 0 Å². The molecule has 0 unspecified atom stereocenters. The summed E-state index contributed by atoms with van der Waals surface area (Å²) in [4.78, 5) is 49.0. The number of allylic oxidation sites excluding steroid dienone is 2. The molecule has 0 fully saturated rings. The topological polar surface area (TPSA) is 78.1 Å². The van der Waals surface area contributed by atoms with Gasteiger partial charge in [0.2, 0.25) is 0 Å². The first-order valence-corrected chi connectivity index (χ1v) is 5.99. The SMILES string of the molecule is CC(C)=C1C(=O)n2c(=O)c3ccccc3c(=O)n2C1=O. The molecule has 6 nitrogen and oxygen atoms in total. The Morgan fingerprint density at radius 3 is 1.55 bits per heavy atom. The van der Waals surface area contributed by atoms with Crippen molar-refractivity contribution in [3.63, 3.8) is 0 Å². The second-order valence-corrected chi connectivity index (χ2v) is 4.76. The van der Waals surface area contributed by atoms with Crippen molar-refractivity contribution < 1.29 is 9.59 Å². The van der Waals surface area contributed by atoms with Crippen molar-refractivity contribution in [1.82, 2.24) is 9.36 Å². The average Bonchev–Trinajstić information content (AvgIpc) is 2.68. The molecule has 0 radical (unpaired) electrons. The number of rotatable bonds is 0. The van der Waals surface area contributed by atoms with E-state index in [1.165, 1.54) is 12.1 Å². The van der Waals surface area contributed by atoms with E-state index < -0.39 is 22.9 Å². The van der Waals surface area contributed by atoms with Gasteiger partial charge in [0.15, 0.2) is 0 Å². The Bertz CT molecular complexity index is 869. The molecule has 0 aliphatic carbocycles. The molecule has 0 spiro atoms. The minimum absolute atomic E-state index is 0.125. The lowest BCUT2D eigenvalue weighted by Gasteiger charge is -2.03. The van der Waals surface area contributed by atoms with Crippen LogP contribution in [0.15, 0.2) is 45.0 Å². The van der Waals surface area contributed by atoms with Crippen molar-refractivity contribution in [3.8, 4) is 0 Å². The highest BCUT2D eigenvalue weighted by Crippen LogP contribution is 2.16. The van der Waals surface area contributed by atoms with Crippen molar-refractivity contribution in [2.45, 2.75) is 13.8 Å². The minimum atomic E-state index is -0.747. The number of carbonyl (C=O) groups is 2. The summed E-state index contributed by atoms with van der Waals surface area (Å²) in [6.45, 7) is 3.18. The molecule has 0 N–H and O–H groups in total. The molecule has 100 valence electrons. The number of hydrogen-bond acceptors (Lipinski definition) is 4. The Labute approximate surface area is 112 Å². The molecule has 0 atom stereocenters. The lowest BCUT2D eigenvalue weighted by atomic mass is 10.1. The third kappa shape index (κ3) is 1.33. The molecule has 6 heteroatoms. The number of fused-ring (bicyclic) bond motifs is 2. The van der Waals surface area contributed by atoms with Crippen LogP contribution in [0.3, 0.4) is 0 Å². The molecule has 1 aromatic carbocycles. The number of nitrogens with zero attached hydrogens (tertiary/aromatic N) is 2. The predicted octanol–water partition coefficient (Wildman–Crippen LogP) is 0.794. The van der Waals surface area contributed by atoms with E-state index in [1.54, 1.807) is 26.0 Å². The fourth-order valence-electron chi connectivity index (χ4n) is 2.36. The minimum Gasteiger partial charge on any atom is -0.267 e. The smallest absolute Gasteiger partial charge is 0.267 e. The Hall–Kier alpha value is -2.76. The molecule has 1 aliphatic heterocycles. The standard InChI is InChI=1S/C14H10N2O4/c1-7(2)10-13(19)15-11(17)8-5-3-4-6-9(8)12(18)16(15)14(10)20/h3-6H,1-2H3. The molecular weight excluding hydrogens is 260 g/mol. The van der Waals surface area contributed by atoms with Gasteiger partial charge < -0.3 is 0 Å². The molecule has 1 aromatic heterocycles. The van der Waals surface area contributed by atoms with Gasteiger partial charge in [0.1, 0.15) is 5.57 Å². The maximum atomic E-state index is 12.3. The van der Waals surface area contributed by atoms with Gasteiger partial charge >= 0.3 is 0 Å². The van der Waals surface area contributed by atoms with Gasteiger partial charge in [-0.05, 0) is 26.0 Å². The van der Waals surface area contributed by atoms with Crippen LogP contribution in [0.2, 0.25) is 0 Å². The van der Waals surface area contributed by atoms with Crippen molar-refractivity contribution in [2.75, 3.05) is 0 Å². The fraction of sp³-hybridized carbons (Fsp3) is 0.143. The van der Waals surface area contributed by atoms with Gasteiger partial charge in [0.05, 0.1) is 10.8 Å². The van der Waals surface area contributed by atoms with Gasteiger partial charge in [0, 0.05) is 0 Å². The maximum absolute atomic E-state index is 12.3. The molecule has 3 rings (SSSR count). The predicted molar refractivity (Wildman–Crippen MR) is 72.1 cm³/mol. The molecular formula is C14H10N2O4. The number of carbonyl (C=O) groups excluding carboxylic acids is 2. The highest BCUT2D eigenvalue weighted by Gasteiger charge is 2.36. The summed E-state index contributed by atoms with van der Waals surface area (Å²) < 4.78 is 1.24. The van der Waals surface area contributed by atoms with Crippen LogP contribution >= 0.6 is 0 Å². The summed E-state index contributed by atoms with van der Waals surface area (Å²) >= 11 is 0. The zero-order valence-corrected chi connectivity index (χ0v) is 10.8. The highest BCUT2D eigenvalue weighted by molar-refractivity contribution is 6.24. The first-order chi connectivity index (χ1) is 9.45. The quantitative estimate of drug-likeness (QED) is 0.524. The summed E-state index contributed by atoms with van der Waals surface area (Å²) in [5, 5.41) is 0.259. The third-order valence-electron chi connectivity index (χ3n) is 3.29. The first kappa shape index (κ1) is 12.3. The van der Waals surface area contributed by atoms with E-state index in [2.05, 4.69) is 0 Å². The Balaban J connectivity index is 2.60. The van der Waals surface area contributed by atoms with E-state index >= 15 is 0 Å². The Morgan fingerprint density at radius 2 is 1.20 bits per heavy atom. The second kappa shape index (κ2) is 3.86. The molecule has 0 bridgehead atoms. The van der Waals surface area contributed by atoms with Crippen molar-refractivity contribution >= 4 is 22.6 Å². The molecule has 1 aliphatic rings. The van der Waals surface area contributed by atoms with Crippen LogP contribution in [0.25, 0.3) is 10.8 Å². The molecule has 0 saturated heterocycles. The molecule has 0 saturated carbocycles. The maximum Gasteiger partial charge on any atom is 0.286 e. The first-order valence-electron chi connectivity index (χ1n) is 5.99.